The molecule has 2 rings (SSSR count). The van der Waals surface area contributed by atoms with Crippen molar-refractivity contribution in [2.75, 3.05) is 6.54 Å². The predicted molar refractivity (Wildman–Crippen MR) is 70.8 cm³/mol. The molecule has 18 heavy (non-hydrogen) atoms. The van der Waals surface area contributed by atoms with Crippen LogP contribution in [-0.4, -0.2) is 11.5 Å². The van der Waals surface area contributed by atoms with Gasteiger partial charge in [0.2, 0.25) is 0 Å². The van der Waals surface area contributed by atoms with Crippen LogP contribution in [0.25, 0.3) is 0 Å². The lowest BCUT2D eigenvalue weighted by atomic mass is 10.00. The van der Waals surface area contributed by atoms with Gasteiger partial charge in [-0.3, -0.25) is 4.98 Å². The number of nitrogens with one attached hydrogen (secondary N) is 1. The monoisotopic (exact) mass is 237 g/mol. The van der Waals surface area contributed by atoms with Gasteiger partial charge < -0.3 is 5.32 Å². The van der Waals surface area contributed by atoms with Gasteiger partial charge in [-0.25, -0.2) is 0 Å². The Bertz CT molecular complexity index is 463. The molecular weight excluding hydrogens is 222 g/mol. The summed E-state index contributed by atoms with van der Waals surface area (Å²) in [6.07, 6.45) is 4.09. The van der Waals surface area contributed by atoms with E-state index >= 15 is 0 Å². The van der Waals surface area contributed by atoms with Crippen molar-refractivity contribution in [1.29, 1.82) is 5.26 Å². The molecule has 0 aliphatic carbocycles. The largest absolute Gasteiger partial charge is 0.305 e. The fourth-order valence-electron chi connectivity index (χ4n) is 1.90. The number of pyridine rings is 1. The third-order valence-electron chi connectivity index (χ3n) is 2.76. The Labute approximate surface area is 107 Å². The number of rotatable bonds is 5. The van der Waals surface area contributed by atoms with Gasteiger partial charge in [0.15, 0.2) is 0 Å². The van der Waals surface area contributed by atoms with Gasteiger partial charge in [-0.2, -0.15) is 5.26 Å². The van der Waals surface area contributed by atoms with Gasteiger partial charge in [-0.05, 0) is 23.3 Å². The molecule has 2 aromatic rings. The average Bonchev–Trinajstić information content (AvgIpc) is 2.46. The van der Waals surface area contributed by atoms with E-state index in [9.17, 15) is 0 Å². The summed E-state index contributed by atoms with van der Waals surface area (Å²) < 4.78 is 0. The van der Waals surface area contributed by atoms with Crippen LogP contribution in [0.5, 0.6) is 0 Å². The van der Waals surface area contributed by atoms with E-state index in [0.717, 1.165) is 5.56 Å². The molecule has 0 saturated carbocycles. The van der Waals surface area contributed by atoms with Crippen LogP contribution in [0.1, 0.15) is 23.6 Å². The second-order valence-electron chi connectivity index (χ2n) is 3.99. The van der Waals surface area contributed by atoms with E-state index in [1.54, 1.807) is 12.4 Å². The quantitative estimate of drug-likeness (QED) is 0.813. The zero-order valence-electron chi connectivity index (χ0n) is 10.1. The molecule has 0 bridgehead atoms. The van der Waals surface area contributed by atoms with E-state index < -0.39 is 0 Å². The molecule has 1 heterocycles. The normalized spacial score (nSPS) is 11.7. The molecule has 0 spiro atoms. The third kappa shape index (κ3) is 3.16. The Morgan fingerprint density at radius 2 is 1.72 bits per heavy atom. The maximum atomic E-state index is 8.62. The molecule has 1 aromatic heterocycles. The summed E-state index contributed by atoms with van der Waals surface area (Å²) in [6, 6.07) is 16.5. The summed E-state index contributed by atoms with van der Waals surface area (Å²) in [4.78, 5) is 4.04. The first-order chi connectivity index (χ1) is 8.92. The molecule has 0 aliphatic heterocycles. The summed E-state index contributed by atoms with van der Waals surface area (Å²) >= 11 is 0. The summed E-state index contributed by atoms with van der Waals surface area (Å²) in [6.45, 7) is 0.679. The van der Waals surface area contributed by atoms with Crippen molar-refractivity contribution in [2.24, 2.45) is 0 Å². The van der Waals surface area contributed by atoms with Crippen LogP contribution >= 0.6 is 0 Å². The van der Waals surface area contributed by atoms with Crippen LogP contribution in [0.15, 0.2) is 54.9 Å². The molecular formula is C15H15N3. The molecule has 3 heteroatoms. The van der Waals surface area contributed by atoms with Gasteiger partial charge >= 0.3 is 0 Å². The molecule has 90 valence electrons. The number of nitrogens with zero attached hydrogens (tertiary/aromatic N) is 2. The predicted octanol–water partition coefficient (Wildman–Crippen LogP) is 2.67. The van der Waals surface area contributed by atoms with Crippen molar-refractivity contribution < 1.29 is 0 Å². The van der Waals surface area contributed by atoms with Crippen LogP contribution in [0.3, 0.4) is 0 Å². The Kier molecular flexibility index (Phi) is 4.46. The summed E-state index contributed by atoms with van der Waals surface area (Å²) in [5, 5.41) is 12.0. The molecule has 1 aromatic carbocycles. The van der Waals surface area contributed by atoms with Crippen molar-refractivity contribution in [2.45, 2.75) is 12.5 Å². The minimum atomic E-state index is 0.113. The van der Waals surface area contributed by atoms with E-state index in [1.165, 1.54) is 5.56 Å². The van der Waals surface area contributed by atoms with Gasteiger partial charge in [0.25, 0.3) is 0 Å². The maximum absolute atomic E-state index is 8.62. The Morgan fingerprint density at radius 1 is 1.06 bits per heavy atom. The second kappa shape index (κ2) is 6.53. The van der Waals surface area contributed by atoms with Crippen molar-refractivity contribution in [3.63, 3.8) is 0 Å². The number of nitriles is 1. The van der Waals surface area contributed by atoms with Crippen molar-refractivity contribution >= 4 is 0 Å². The fraction of sp³-hybridized carbons (Fsp3) is 0.200. The number of hydrogen-bond acceptors (Lipinski definition) is 3. The van der Waals surface area contributed by atoms with Gasteiger partial charge in [-0.1, -0.05) is 30.3 Å². The topological polar surface area (TPSA) is 48.7 Å². The van der Waals surface area contributed by atoms with Crippen LogP contribution in [-0.2, 0) is 0 Å². The zero-order valence-corrected chi connectivity index (χ0v) is 10.1. The molecule has 3 nitrogen and oxygen atoms in total. The Morgan fingerprint density at radius 3 is 2.39 bits per heavy atom. The first-order valence-electron chi connectivity index (χ1n) is 5.97. The molecule has 1 unspecified atom stereocenters. The molecule has 0 amide bonds. The molecule has 0 radical (unpaired) electrons. The van der Waals surface area contributed by atoms with Crippen LogP contribution in [0.2, 0.25) is 0 Å². The van der Waals surface area contributed by atoms with Crippen LogP contribution in [0.4, 0.5) is 0 Å². The van der Waals surface area contributed by atoms with Crippen molar-refractivity contribution in [3.8, 4) is 6.07 Å². The van der Waals surface area contributed by atoms with E-state index in [2.05, 4.69) is 28.5 Å². The third-order valence-corrected chi connectivity index (χ3v) is 2.76. The Balaban J connectivity index is 2.21. The summed E-state index contributed by atoms with van der Waals surface area (Å²) in [5.74, 6) is 0. The smallest absolute Gasteiger partial charge is 0.0635 e. The number of hydrogen-bond donors (Lipinski definition) is 1. The average molecular weight is 237 g/mol. The SMILES string of the molecule is N#CCCNC(c1ccccc1)c1ccncc1. The van der Waals surface area contributed by atoms with E-state index in [1.807, 2.05) is 30.3 Å². The lowest BCUT2D eigenvalue weighted by Gasteiger charge is -2.19. The van der Waals surface area contributed by atoms with Gasteiger partial charge in [0.1, 0.15) is 0 Å². The second-order valence-corrected chi connectivity index (χ2v) is 3.99. The maximum Gasteiger partial charge on any atom is 0.0635 e. The molecule has 1 atom stereocenters. The summed E-state index contributed by atoms with van der Waals surface area (Å²) in [5.41, 5.74) is 2.36. The number of benzene rings is 1. The van der Waals surface area contributed by atoms with Gasteiger partial charge in [0.05, 0.1) is 12.1 Å². The van der Waals surface area contributed by atoms with Gasteiger partial charge in [0, 0.05) is 25.4 Å². The summed E-state index contributed by atoms with van der Waals surface area (Å²) in [7, 11) is 0. The van der Waals surface area contributed by atoms with Crippen molar-refractivity contribution in [3.05, 3.63) is 66.0 Å². The highest BCUT2D eigenvalue weighted by molar-refractivity contribution is 5.30. The molecule has 1 N–H and O–H groups in total. The lowest BCUT2D eigenvalue weighted by Crippen LogP contribution is -2.23. The Hall–Kier alpha value is -2.18. The zero-order chi connectivity index (χ0) is 12.6. The highest BCUT2D eigenvalue weighted by atomic mass is 14.9. The molecule has 0 saturated heterocycles. The number of aromatic nitrogens is 1. The molecule has 0 aliphatic rings. The van der Waals surface area contributed by atoms with Gasteiger partial charge in [-0.15, -0.1) is 0 Å². The fourth-order valence-corrected chi connectivity index (χ4v) is 1.90. The highest BCUT2D eigenvalue weighted by Gasteiger charge is 2.12. The first kappa shape index (κ1) is 12.3. The van der Waals surface area contributed by atoms with E-state index in [-0.39, 0.29) is 6.04 Å². The van der Waals surface area contributed by atoms with Crippen molar-refractivity contribution in [1.82, 2.24) is 10.3 Å². The minimum Gasteiger partial charge on any atom is -0.305 e. The first-order valence-corrected chi connectivity index (χ1v) is 5.97. The highest BCUT2D eigenvalue weighted by Crippen LogP contribution is 2.20. The molecule has 0 fully saturated rings. The van der Waals surface area contributed by atoms with Crippen LogP contribution in [0, 0.1) is 11.3 Å². The minimum absolute atomic E-state index is 0.113. The lowest BCUT2D eigenvalue weighted by molar-refractivity contribution is 0.612. The van der Waals surface area contributed by atoms with Crippen LogP contribution < -0.4 is 5.32 Å². The standard InChI is InChI=1S/C15H15N3/c16-9-4-10-18-15(13-5-2-1-3-6-13)14-7-11-17-12-8-14/h1-3,5-8,11-12,15,18H,4,10H2. The van der Waals surface area contributed by atoms with E-state index in [0.29, 0.717) is 13.0 Å². The van der Waals surface area contributed by atoms with E-state index in [4.69, 9.17) is 5.26 Å².